The van der Waals surface area contributed by atoms with Gasteiger partial charge in [-0.05, 0) is 18.2 Å². The SMILES string of the molecule is O=C(O)C1=C2C=c3ccc(o3)=C2SC1. The van der Waals surface area contributed by atoms with Crippen LogP contribution in [0.2, 0.25) is 0 Å². The lowest BCUT2D eigenvalue weighted by atomic mass is 10.1. The van der Waals surface area contributed by atoms with Crippen molar-refractivity contribution in [1.29, 1.82) is 0 Å². The zero-order chi connectivity index (χ0) is 9.71. The molecule has 0 fully saturated rings. The van der Waals surface area contributed by atoms with Crippen LogP contribution in [0, 0.1) is 0 Å². The van der Waals surface area contributed by atoms with Crippen molar-refractivity contribution in [2.45, 2.75) is 0 Å². The maximum absolute atomic E-state index is 10.9. The topological polar surface area (TPSA) is 50.4 Å². The van der Waals surface area contributed by atoms with Crippen LogP contribution in [0.3, 0.4) is 0 Å². The van der Waals surface area contributed by atoms with Crippen LogP contribution < -0.4 is 10.8 Å². The summed E-state index contributed by atoms with van der Waals surface area (Å²) in [5, 5.41) is 8.96. The van der Waals surface area contributed by atoms with E-state index in [9.17, 15) is 4.79 Å². The largest absolute Gasteiger partial charge is 0.478 e. The molecule has 0 aliphatic carbocycles. The molecule has 14 heavy (non-hydrogen) atoms. The fraction of sp³-hybridized carbons (Fsp3) is 0.100. The molecule has 0 radical (unpaired) electrons. The molecule has 0 spiro atoms. The number of furan rings is 1. The molecule has 3 heterocycles. The zero-order valence-corrected chi connectivity index (χ0v) is 7.93. The molecule has 2 bridgehead atoms. The van der Waals surface area contributed by atoms with Crippen molar-refractivity contribution in [2.24, 2.45) is 0 Å². The second kappa shape index (κ2) is 2.54. The zero-order valence-electron chi connectivity index (χ0n) is 7.11. The Labute approximate surface area is 83.4 Å². The first-order chi connectivity index (χ1) is 6.75. The summed E-state index contributed by atoms with van der Waals surface area (Å²) < 4.78 is 5.42. The van der Waals surface area contributed by atoms with E-state index >= 15 is 0 Å². The van der Waals surface area contributed by atoms with Crippen LogP contribution in [0.25, 0.3) is 11.0 Å². The number of fused-ring (bicyclic) bond motifs is 3. The summed E-state index contributed by atoms with van der Waals surface area (Å²) in [6.07, 6.45) is 1.80. The maximum Gasteiger partial charge on any atom is 0.333 e. The number of rotatable bonds is 1. The molecule has 0 aromatic carbocycles. The Hall–Kier alpha value is -1.42. The fourth-order valence-electron chi connectivity index (χ4n) is 1.67. The van der Waals surface area contributed by atoms with Crippen molar-refractivity contribution in [3.63, 3.8) is 0 Å². The molecule has 3 rings (SSSR count). The summed E-state index contributed by atoms with van der Waals surface area (Å²) >= 11 is 1.53. The number of hydrogen-bond acceptors (Lipinski definition) is 3. The summed E-state index contributed by atoms with van der Waals surface area (Å²) in [4.78, 5) is 11.9. The summed E-state index contributed by atoms with van der Waals surface area (Å²) in [6.45, 7) is 0. The van der Waals surface area contributed by atoms with E-state index in [1.54, 1.807) is 6.08 Å². The molecule has 0 saturated heterocycles. The van der Waals surface area contributed by atoms with Crippen molar-refractivity contribution in [3.8, 4) is 0 Å². The molecule has 0 saturated carbocycles. The molecule has 0 amide bonds. The number of carboxylic acids is 1. The third-order valence-corrected chi connectivity index (χ3v) is 3.47. The van der Waals surface area contributed by atoms with Crippen LogP contribution in [-0.4, -0.2) is 16.8 Å². The van der Waals surface area contributed by atoms with E-state index in [1.807, 2.05) is 12.1 Å². The van der Waals surface area contributed by atoms with Crippen molar-refractivity contribution in [2.75, 3.05) is 5.75 Å². The quantitative estimate of drug-likeness (QED) is 0.718. The minimum atomic E-state index is -0.832. The van der Waals surface area contributed by atoms with Crippen molar-refractivity contribution in [1.82, 2.24) is 0 Å². The minimum absolute atomic E-state index is 0.479. The molecule has 2 aliphatic heterocycles. The normalized spacial score (nSPS) is 18.1. The first-order valence-corrected chi connectivity index (χ1v) is 5.16. The smallest absolute Gasteiger partial charge is 0.333 e. The molecule has 70 valence electrons. The maximum atomic E-state index is 10.9. The molecule has 1 aromatic heterocycles. The third kappa shape index (κ3) is 0.915. The Morgan fingerprint density at radius 2 is 2.36 bits per heavy atom. The summed E-state index contributed by atoms with van der Waals surface area (Å²) in [5.74, 6) is -0.300. The van der Waals surface area contributed by atoms with Crippen molar-refractivity contribution >= 4 is 28.7 Å². The Morgan fingerprint density at radius 1 is 1.50 bits per heavy atom. The molecule has 1 aromatic rings. The van der Waals surface area contributed by atoms with Crippen LogP contribution >= 0.6 is 11.8 Å². The average Bonchev–Trinajstić information content (AvgIpc) is 2.71. The van der Waals surface area contributed by atoms with Crippen LogP contribution in [-0.2, 0) is 4.79 Å². The van der Waals surface area contributed by atoms with Crippen molar-refractivity contribution in [3.05, 3.63) is 34.1 Å². The summed E-state index contributed by atoms with van der Waals surface area (Å²) in [6, 6.07) is 3.74. The van der Waals surface area contributed by atoms with E-state index in [1.165, 1.54) is 11.8 Å². The highest BCUT2D eigenvalue weighted by atomic mass is 32.2. The molecule has 4 heteroatoms. The fourth-order valence-corrected chi connectivity index (χ4v) is 2.82. The van der Waals surface area contributed by atoms with Gasteiger partial charge in [0, 0.05) is 11.3 Å². The van der Waals surface area contributed by atoms with E-state index in [2.05, 4.69) is 0 Å². The molecule has 1 N–H and O–H groups in total. The molecular weight excluding hydrogens is 200 g/mol. The number of carbonyl (C=O) groups is 1. The molecule has 0 unspecified atom stereocenters. The Morgan fingerprint density at radius 3 is 3.14 bits per heavy atom. The number of thioether (sulfide) groups is 1. The van der Waals surface area contributed by atoms with Crippen LogP contribution in [0.4, 0.5) is 0 Å². The van der Waals surface area contributed by atoms with Gasteiger partial charge in [-0.3, -0.25) is 0 Å². The van der Waals surface area contributed by atoms with Gasteiger partial charge in [-0.15, -0.1) is 11.8 Å². The Bertz CT molecular complexity index is 577. The lowest BCUT2D eigenvalue weighted by Gasteiger charge is -1.99. The van der Waals surface area contributed by atoms with Gasteiger partial charge in [0.05, 0.1) is 10.5 Å². The summed E-state index contributed by atoms with van der Waals surface area (Å²) in [7, 11) is 0. The van der Waals surface area contributed by atoms with E-state index in [4.69, 9.17) is 9.52 Å². The third-order valence-electron chi connectivity index (χ3n) is 2.33. The lowest BCUT2D eigenvalue weighted by Crippen LogP contribution is -2.10. The van der Waals surface area contributed by atoms with Gasteiger partial charge in [0.2, 0.25) is 0 Å². The first kappa shape index (κ1) is 7.94. The molecular formula is C10H6O3S. The summed E-state index contributed by atoms with van der Waals surface area (Å²) in [5.41, 5.74) is 2.83. The molecule has 0 atom stereocenters. The van der Waals surface area contributed by atoms with Crippen LogP contribution in [0.5, 0.6) is 0 Å². The van der Waals surface area contributed by atoms with Gasteiger partial charge in [0.25, 0.3) is 0 Å². The molecule has 2 aliphatic rings. The van der Waals surface area contributed by atoms with Crippen molar-refractivity contribution < 1.29 is 14.3 Å². The second-order valence-corrected chi connectivity index (χ2v) is 4.15. The van der Waals surface area contributed by atoms with E-state index < -0.39 is 5.97 Å². The number of aliphatic carboxylic acids is 1. The lowest BCUT2D eigenvalue weighted by molar-refractivity contribution is -0.132. The van der Waals surface area contributed by atoms with Gasteiger partial charge in [0.15, 0.2) is 0 Å². The van der Waals surface area contributed by atoms with Crippen LogP contribution in [0.15, 0.2) is 27.7 Å². The predicted molar refractivity (Wildman–Crippen MR) is 53.0 cm³/mol. The first-order valence-electron chi connectivity index (χ1n) is 4.17. The van der Waals surface area contributed by atoms with Gasteiger partial charge < -0.3 is 9.52 Å². The van der Waals surface area contributed by atoms with Crippen LogP contribution in [0.1, 0.15) is 0 Å². The second-order valence-electron chi connectivity index (χ2n) is 3.16. The highest BCUT2D eigenvalue weighted by molar-refractivity contribution is 8.08. The highest BCUT2D eigenvalue weighted by Gasteiger charge is 2.26. The van der Waals surface area contributed by atoms with Gasteiger partial charge in [-0.2, -0.15) is 0 Å². The van der Waals surface area contributed by atoms with Gasteiger partial charge >= 0.3 is 5.97 Å². The van der Waals surface area contributed by atoms with E-state index in [0.29, 0.717) is 11.3 Å². The average molecular weight is 206 g/mol. The monoisotopic (exact) mass is 206 g/mol. The minimum Gasteiger partial charge on any atom is -0.478 e. The Kier molecular flexibility index (Phi) is 1.44. The predicted octanol–water partition coefficient (Wildman–Crippen LogP) is 0.310. The van der Waals surface area contributed by atoms with Gasteiger partial charge in [0.1, 0.15) is 10.8 Å². The van der Waals surface area contributed by atoms with Gasteiger partial charge in [-0.25, -0.2) is 4.79 Å². The molecule has 3 nitrogen and oxygen atoms in total. The van der Waals surface area contributed by atoms with Gasteiger partial charge in [-0.1, -0.05) is 0 Å². The standard InChI is InChI=1S/C10H6O3S/c11-10(12)7-4-14-9-6(7)3-5-1-2-8(9)13-5/h1-3H,4H2,(H,11,12). The number of carboxylic acid groups (broad SMARTS) is 1. The van der Waals surface area contributed by atoms with E-state index in [0.717, 1.165) is 21.3 Å². The number of hydrogen-bond donors (Lipinski definition) is 1. The Balaban J connectivity index is 2.38. The van der Waals surface area contributed by atoms with E-state index in [-0.39, 0.29) is 0 Å². The highest BCUT2D eigenvalue weighted by Crippen LogP contribution is 2.38.